The van der Waals surface area contributed by atoms with Crippen LogP contribution in [0.5, 0.6) is 0 Å². The van der Waals surface area contributed by atoms with Crippen LogP contribution in [0, 0.1) is 11.3 Å². The van der Waals surface area contributed by atoms with Gasteiger partial charge in [-0.25, -0.2) is 0 Å². The van der Waals surface area contributed by atoms with E-state index in [2.05, 4.69) is 11.4 Å². The molecule has 0 aromatic heterocycles. The normalized spacial score (nSPS) is 11.5. The first-order valence-corrected chi connectivity index (χ1v) is 5.64. The molecular formula is C14H11ClN2. The van der Waals surface area contributed by atoms with Crippen molar-refractivity contribution in [3.05, 3.63) is 65.2 Å². The Balaban J connectivity index is 2.17. The third-order valence-corrected chi connectivity index (χ3v) is 2.67. The molecule has 0 radical (unpaired) electrons. The minimum Gasteiger partial charge on any atom is -0.366 e. The zero-order valence-corrected chi connectivity index (χ0v) is 9.85. The molecule has 0 saturated carbocycles. The number of hydrogen-bond donors (Lipinski definition) is 1. The molecule has 0 saturated heterocycles. The van der Waals surface area contributed by atoms with Crippen LogP contribution in [0.1, 0.15) is 11.6 Å². The van der Waals surface area contributed by atoms with Crippen molar-refractivity contribution in [2.75, 3.05) is 5.32 Å². The molecule has 0 unspecified atom stereocenters. The Hall–Kier alpha value is -1.98. The van der Waals surface area contributed by atoms with Gasteiger partial charge in [0.25, 0.3) is 0 Å². The smallest absolute Gasteiger partial charge is 0.140 e. The van der Waals surface area contributed by atoms with E-state index < -0.39 is 0 Å². The maximum atomic E-state index is 9.16. The number of hydrogen-bond acceptors (Lipinski definition) is 2. The van der Waals surface area contributed by atoms with E-state index in [0.29, 0.717) is 5.02 Å². The summed E-state index contributed by atoms with van der Waals surface area (Å²) < 4.78 is 0. The summed E-state index contributed by atoms with van der Waals surface area (Å²) in [7, 11) is 0. The predicted octanol–water partition coefficient (Wildman–Crippen LogP) is 4.02. The Labute approximate surface area is 105 Å². The van der Waals surface area contributed by atoms with Gasteiger partial charge in [0.1, 0.15) is 6.04 Å². The molecule has 2 aromatic carbocycles. The van der Waals surface area contributed by atoms with Gasteiger partial charge in [0.05, 0.1) is 6.07 Å². The standard InChI is InChI=1S/C14H11ClN2/c15-12-6-8-13(9-7-12)17-14(10-16)11-4-2-1-3-5-11/h1-9,14,17H/t14-/m1/s1. The van der Waals surface area contributed by atoms with E-state index in [4.69, 9.17) is 16.9 Å². The number of nitriles is 1. The average Bonchev–Trinajstić information content (AvgIpc) is 2.39. The highest BCUT2D eigenvalue weighted by atomic mass is 35.5. The summed E-state index contributed by atoms with van der Waals surface area (Å²) in [5, 5.41) is 13.0. The van der Waals surface area contributed by atoms with Crippen molar-refractivity contribution in [1.29, 1.82) is 5.26 Å². The quantitative estimate of drug-likeness (QED) is 0.883. The van der Waals surface area contributed by atoms with Gasteiger partial charge >= 0.3 is 0 Å². The fourth-order valence-electron chi connectivity index (χ4n) is 1.55. The largest absolute Gasteiger partial charge is 0.366 e. The van der Waals surface area contributed by atoms with Crippen molar-refractivity contribution in [3.63, 3.8) is 0 Å². The molecule has 1 N–H and O–H groups in total. The third kappa shape index (κ3) is 2.99. The van der Waals surface area contributed by atoms with Crippen LogP contribution in [0.15, 0.2) is 54.6 Å². The van der Waals surface area contributed by atoms with Crippen LogP contribution in [0.4, 0.5) is 5.69 Å². The van der Waals surface area contributed by atoms with Crippen LogP contribution in [0.25, 0.3) is 0 Å². The predicted molar refractivity (Wildman–Crippen MR) is 69.9 cm³/mol. The lowest BCUT2D eigenvalue weighted by molar-refractivity contribution is 0.998. The topological polar surface area (TPSA) is 35.8 Å². The van der Waals surface area contributed by atoms with Gasteiger partial charge in [0.2, 0.25) is 0 Å². The van der Waals surface area contributed by atoms with E-state index in [9.17, 15) is 0 Å². The van der Waals surface area contributed by atoms with Gasteiger partial charge in [-0.05, 0) is 29.8 Å². The van der Waals surface area contributed by atoms with Gasteiger partial charge < -0.3 is 5.32 Å². The number of rotatable bonds is 3. The second kappa shape index (κ2) is 5.38. The number of nitrogens with zero attached hydrogens (tertiary/aromatic N) is 1. The third-order valence-electron chi connectivity index (χ3n) is 2.42. The van der Waals surface area contributed by atoms with Crippen LogP contribution in [-0.2, 0) is 0 Å². The molecule has 0 fully saturated rings. The lowest BCUT2D eigenvalue weighted by Crippen LogP contribution is -2.07. The molecule has 1 atom stereocenters. The number of anilines is 1. The lowest BCUT2D eigenvalue weighted by atomic mass is 10.1. The molecule has 2 aromatic rings. The van der Waals surface area contributed by atoms with E-state index in [1.807, 2.05) is 42.5 Å². The molecule has 0 bridgehead atoms. The van der Waals surface area contributed by atoms with Crippen LogP contribution < -0.4 is 5.32 Å². The van der Waals surface area contributed by atoms with Crippen molar-refractivity contribution in [3.8, 4) is 6.07 Å². The zero-order valence-electron chi connectivity index (χ0n) is 9.10. The van der Waals surface area contributed by atoms with E-state index in [1.165, 1.54) is 0 Å². The molecule has 0 aliphatic carbocycles. The first-order chi connectivity index (χ1) is 8.29. The lowest BCUT2D eigenvalue weighted by Gasteiger charge is -2.13. The van der Waals surface area contributed by atoms with Crippen LogP contribution in [0.3, 0.4) is 0 Å². The molecule has 0 aliphatic rings. The van der Waals surface area contributed by atoms with Gasteiger partial charge in [0, 0.05) is 10.7 Å². The minimum absolute atomic E-state index is 0.350. The number of benzene rings is 2. The van der Waals surface area contributed by atoms with Crippen molar-refractivity contribution < 1.29 is 0 Å². The summed E-state index contributed by atoms with van der Waals surface area (Å²) in [6.07, 6.45) is 0. The SMILES string of the molecule is N#C[C@@H](Nc1ccc(Cl)cc1)c1ccccc1. The summed E-state index contributed by atoms with van der Waals surface area (Å²) in [6.45, 7) is 0. The molecule has 17 heavy (non-hydrogen) atoms. The molecule has 2 nitrogen and oxygen atoms in total. The van der Waals surface area contributed by atoms with Gasteiger partial charge in [-0.1, -0.05) is 41.9 Å². The van der Waals surface area contributed by atoms with Crippen LogP contribution in [0.2, 0.25) is 5.02 Å². The Bertz CT molecular complexity index is 514. The van der Waals surface area contributed by atoms with E-state index in [-0.39, 0.29) is 6.04 Å². The monoisotopic (exact) mass is 242 g/mol. The highest BCUT2D eigenvalue weighted by Crippen LogP contribution is 2.20. The summed E-state index contributed by atoms with van der Waals surface area (Å²) in [6, 6.07) is 18.8. The fourth-order valence-corrected chi connectivity index (χ4v) is 1.67. The van der Waals surface area contributed by atoms with Crippen molar-refractivity contribution in [2.24, 2.45) is 0 Å². The Morgan fingerprint density at radius 3 is 2.24 bits per heavy atom. The number of halogens is 1. The van der Waals surface area contributed by atoms with Gasteiger partial charge in [-0.2, -0.15) is 5.26 Å². The highest BCUT2D eigenvalue weighted by molar-refractivity contribution is 6.30. The van der Waals surface area contributed by atoms with Crippen LogP contribution >= 0.6 is 11.6 Å². The Kier molecular flexibility index (Phi) is 3.64. The maximum Gasteiger partial charge on any atom is 0.140 e. The molecule has 0 aliphatic heterocycles. The first kappa shape index (κ1) is 11.5. The first-order valence-electron chi connectivity index (χ1n) is 5.26. The molecular weight excluding hydrogens is 232 g/mol. The Morgan fingerprint density at radius 1 is 1.00 bits per heavy atom. The molecule has 2 rings (SSSR count). The summed E-state index contributed by atoms with van der Waals surface area (Å²) in [4.78, 5) is 0. The summed E-state index contributed by atoms with van der Waals surface area (Å²) in [5.41, 5.74) is 1.83. The second-order valence-corrected chi connectivity index (χ2v) is 4.06. The summed E-state index contributed by atoms with van der Waals surface area (Å²) >= 11 is 5.81. The van der Waals surface area contributed by atoms with E-state index >= 15 is 0 Å². The van der Waals surface area contributed by atoms with Crippen molar-refractivity contribution >= 4 is 17.3 Å². The molecule has 0 amide bonds. The molecule has 0 spiro atoms. The summed E-state index contributed by atoms with van der Waals surface area (Å²) in [5.74, 6) is 0. The fraction of sp³-hybridized carbons (Fsp3) is 0.0714. The van der Waals surface area contributed by atoms with Gasteiger partial charge in [-0.15, -0.1) is 0 Å². The average molecular weight is 243 g/mol. The van der Waals surface area contributed by atoms with E-state index in [0.717, 1.165) is 11.3 Å². The highest BCUT2D eigenvalue weighted by Gasteiger charge is 2.08. The van der Waals surface area contributed by atoms with Crippen molar-refractivity contribution in [1.82, 2.24) is 0 Å². The molecule has 3 heteroatoms. The zero-order chi connectivity index (χ0) is 12.1. The van der Waals surface area contributed by atoms with Gasteiger partial charge in [0.15, 0.2) is 0 Å². The molecule has 84 valence electrons. The number of nitrogens with one attached hydrogen (secondary N) is 1. The maximum absolute atomic E-state index is 9.16. The van der Waals surface area contributed by atoms with Gasteiger partial charge in [-0.3, -0.25) is 0 Å². The minimum atomic E-state index is -0.350. The van der Waals surface area contributed by atoms with E-state index in [1.54, 1.807) is 12.1 Å². The Morgan fingerprint density at radius 2 is 1.65 bits per heavy atom. The van der Waals surface area contributed by atoms with Crippen molar-refractivity contribution in [2.45, 2.75) is 6.04 Å². The molecule has 0 heterocycles. The van der Waals surface area contributed by atoms with Crippen LogP contribution in [-0.4, -0.2) is 0 Å². The second-order valence-electron chi connectivity index (χ2n) is 3.62.